The van der Waals surface area contributed by atoms with Crippen LogP contribution in [0.25, 0.3) is 0 Å². The molecule has 0 radical (unpaired) electrons. The van der Waals surface area contributed by atoms with Crippen molar-refractivity contribution in [1.29, 1.82) is 0 Å². The van der Waals surface area contributed by atoms with Gasteiger partial charge >= 0.3 is 11.9 Å². The second-order valence-corrected chi connectivity index (χ2v) is 20.0. The Morgan fingerprint density at radius 2 is 1.65 bits per heavy atom. The van der Waals surface area contributed by atoms with Crippen LogP contribution in [0.3, 0.4) is 0 Å². The van der Waals surface area contributed by atoms with Crippen LogP contribution >= 0.6 is 11.6 Å². The van der Waals surface area contributed by atoms with Crippen LogP contribution in [0.1, 0.15) is 132 Å². The number of aliphatic hydroxyl groups is 1. The third-order valence-electron chi connectivity index (χ3n) is 15.8. The van der Waals surface area contributed by atoms with Gasteiger partial charge in [-0.3, -0.25) is 14.4 Å². The predicted molar refractivity (Wildman–Crippen MR) is 200 cm³/mol. The number of aliphatic hydroxyl groups excluding tert-OH is 1. The van der Waals surface area contributed by atoms with Gasteiger partial charge in [-0.15, -0.1) is 0 Å². The molecule has 1 heterocycles. The van der Waals surface area contributed by atoms with Gasteiger partial charge in [0.1, 0.15) is 11.9 Å². The lowest BCUT2D eigenvalue weighted by atomic mass is 9.33. The molecule has 1 aromatic heterocycles. The second kappa shape index (κ2) is 13.4. The number of carbonyl (C=O) groups excluding carboxylic acids is 2. The van der Waals surface area contributed by atoms with Crippen LogP contribution in [0.4, 0.5) is 0 Å². The summed E-state index contributed by atoms with van der Waals surface area (Å²) in [5.41, 5.74) is 0.279. The maximum Gasteiger partial charge on any atom is 0.309 e. The Balaban J connectivity index is 1.26. The highest BCUT2D eigenvalue weighted by atomic mass is 35.5. The molecular formula is C42H62ClN3O6. The molecule has 5 aliphatic carbocycles. The average molecular weight is 740 g/mol. The Hall–Kier alpha value is -2.36. The Morgan fingerprint density at radius 1 is 0.981 bits per heavy atom. The van der Waals surface area contributed by atoms with Crippen molar-refractivity contribution in [2.75, 3.05) is 6.54 Å². The SMILES string of the molecule is CC(C)C1=C2[C@H]3CC[C@@H]4[C@@]5(C)CC[C@H](OC(=O)CC(C)(C)C(=O)O)C(C)(C)C5CC[C@@]4(C)[C@]3(C)CC[C@@]2(C(O)CNCc2ncc(Cl)cn2)CC1=O. The number of allylic oxidation sites excluding steroid dienone is 1. The van der Waals surface area contributed by atoms with E-state index in [0.29, 0.717) is 42.2 Å². The summed E-state index contributed by atoms with van der Waals surface area (Å²) in [4.78, 5) is 47.4. The number of hydrogen-bond donors (Lipinski definition) is 3. The maximum atomic E-state index is 14.0. The molecule has 2 unspecified atom stereocenters. The molecule has 0 amide bonds. The number of halogens is 1. The second-order valence-electron chi connectivity index (χ2n) is 19.5. The van der Waals surface area contributed by atoms with E-state index in [4.69, 9.17) is 16.3 Å². The van der Waals surface area contributed by atoms with Gasteiger partial charge in [-0.1, -0.05) is 65.6 Å². The number of aliphatic carboxylic acids is 1. The quantitative estimate of drug-likeness (QED) is 0.204. The summed E-state index contributed by atoms with van der Waals surface area (Å²) in [6, 6.07) is 0. The summed E-state index contributed by atoms with van der Waals surface area (Å²) in [6.07, 6.45) is 10.1. The molecule has 0 aliphatic heterocycles. The molecule has 0 spiro atoms. The van der Waals surface area contributed by atoms with Crippen LogP contribution in [0.5, 0.6) is 0 Å². The molecular weight excluding hydrogens is 678 g/mol. The smallest absolute Gasteiger partial charge is 0.309 e. The molecule has 6 rings (SSSR count). The van der Waals surface area contributed by atoms with Crippen molar-refractivity contribution in [1.82, 2.24) is 15.3 Å². The number of esters is 1. The van der Waals surface area contributed by atoms with Gasteiger partial charge in [-0.25, -0.2) is 9.97 Å². The molecule has 3 N–H and O–H groups in total. The Bertz CT molecular complexity index is 1620. The number of Topliss-reactive ketones (excluding diaryl/α,β-unsaturated/α-hetero) is 1. The number of rotatable bonds is 10. The first-order chi connectivity index (χ1) is 24.1. The molecule has 4 saturated carbocycles. The summed E-state index contributed by atoms with van der Waals surface area (Å²) >= 11 is 5.98. The summed E-state index contributed by atoms with van der Waals surface area (Å²) in [6.45, 7) is 20.3. The van der Waals surface area contributed by atoms with E-state index in [-0.39, 0.29) is 51.8 Å². The minimum Gasteiger partial charge on any atom is -0.481 e. The Morgan fingerprint density at radius 3 is 2.29 bits per heavy atom. The van der Waals surface area contributed by atoms with Gasteiger partial charge in [0.25, 0.3) is 0 Å². The Kier molecular flexibility index (Phi) is 10.2. The lowest BCUT2D eigenvalue weighted by molar-refractivity contribution is -0.235. The molecule has 52 heavy (non-hydrogen) atoms. The van der Waals surface area contributed by atoms with E-state index in [1.807, 2.05) is 0 Å². The minimum atomic E-state index is -1.17. The summed E-state index contributed by atoms with van der Waals surface area (Å²) < 4.78 is 6.16. The maximum absolute atomic E-state index is 14.0. The number of carboxylic acid groups (broad SMARTS) is 1. The number of carboxylic acids is 1. The fraction of sp³-hybridized carbons (Fsp3) is 0.786. The summed E-state index contributed by atoms with van der Waals surface area (Å²) in [7, 11) is 0. The van der Waals surface area contributed by atoms with Crippen LogP contribution in [0.2, 0.25) is 5.02 Å². The molecule has 5 aliphatic rings. The number of aromatic nitrogens is 2. The molecule has 0 saturated heterocycles. The third-order valence-corrected chi connectivity index (χ3v) is 16.0. The molecule has 9 atom stereocenters. The zero-order valence-electron chi connectivity index (χ0n) is 32.9. The fourth-order valence-electron chi connectivity index (χ4n) is 12.9. The van der Waals surface area contributed by atoms with Gasteiger partial charge in [0.15, 0.2) is 5.78 Å². The van der Waals surface area contributed by atoms with Crippen molar-refractivity contribution in [3.8, 4) is 0 Å². The van der Waals surface area contributed by atoms with Crippen LogP contribution in [0.15, 0.2) is 23.5 Å². The summed E-state index contributed by atoms with van der Waals surface area (Å²) in [5, 5.41) is 25.6. The van der Waals surface area contributed by atoms with Crippen LogP contribution in [0, 0.1) is 56.2 Å². The first-order valence-electron chi connectivity index (χ1n) is 19.7. The highest BCUT2D eigenvalue weighted by Gasteiger charge is 2.70. The number of ketones is 1. The first kappa shape index (κ1) is 39.3. The fourth-order valence-corrected chi connectivity index (χ4v) is 13.0. The number of carbonyl (C=O) groups is 3. The average Bonchev–Trinajstić information content (AvgIpc) is 3.36. The van der Waals surface area contributed by atoms with Gasteiger partial charge in [-0.05, 0) is 111 Å². The lowest BCUT2D eigenvalue weighted by Gasteiger charge is -2.72. The third kappa shape index (κ3) is 6.07. The predicted octanol–water partition coefficient (Wildman–Crippen LogP) is 7.97. The van der Waals surface area contributed by atoms with Gasteiger partial charge in [-0.2, -0.15) is 0 Å². The molecule has 4 fully saturated rings. The van der Waals surface area contributed by atoms with Crippen molar-refractivity contribution >= 4 is 29.3 Å². The zero-order valence-corrected chi connectivity index (χ0v) is 33.7. The van der Waals surface area contributed by atoms with E-state index in [1.54, 1.807) is 26.2 Å². The number of fused-ring (bicyclic) bond motifs is 7. The molecule has 288 valence electrons. The largest absolute Gasteiger partial charge is 0.481 e. The van der Waals surface area contributed by atoms with Crippen molar-refractivity contribution in [2.45, 2.75) is 145 Å². The van der Waals surface area contributed by atoms with E-state index in [9.17, 15) is 24.6 Å². The summed E-state index contributed by atoms with van der Waals surface area (Å²) in [5.74, 6) is 0.541. The first-order valence-corrected chi connectivity index (χ1v) is 20.1. The van der Waals surface area contributed by atoms with Crippen molar-refractivity contribution < 1.29 is 29.3 Å². The van der Waals surface area contributed by atoms with E-state index in [0.717, 1.165) is 56.9 Å². The van der Waals surface area contributed by atoms with E-state index in [2.05, 4.69) is 63.8 Å². The number of nitrogens with one attached hydrogen (secondary N) is 1. The molecule has 10 heteroatoms. The minimum absolute atomic E-state index is 0.0341. The van der Waals surface area contributed by atoms with Gasteiger partial charge in [0, 0.05) is 36.2 Å². The highest BCUT2D eigenvalue weighted by Crippen LogP contribution is 2.77. The standard InChI is InChI=1S/C42H62ClN3O6/c1-24(2)34-27(47)18-42(30(48)22-44-23-32-45-20-25(43)21-46-32)17-16-40(8)26(35(34)42)10-11-29-39(7)14-13-31(52-33(49)19-37(3,4)36(50)51)38(5,6)28(39)12-15-41(29,40)9/h20-21,24,26,28-31,44,48H,10-19,22-23H2,1-9H3,(H,50,51)/t26-,28?,29-,30?,31+,39+,40-,41-,42+/m1/s1. The molecule has 0 bridgehead atoms. The molecule has 9 nitrogen and oxygen atoms in total. The molecule has 0 aromatic carbocycles. The monoisotopic (exact) mass is 739 g/mol. The number of hydrogen-bond acceptors (Lipinski definition) is 8. The normalized spacial score (nSPS) is 37.5. The van der Waals surface area contributed by atoms with Crippen LogP contribution in [-0.2, 0) is 25.7 Å². The van der Waals surface area contributed by atoms with Crippen molar-refractivity contribution in [3.63, 3.8) is 0 Å². The van der Waals surface area contributed by atoms with Crippen molar-refractivity contribution in [2.24, 2.45) is 56.2 Å². The lowest BCUT2D eigenvalue weighted by Crippen LogP contribution is -2.66. The van der Waals surface area contributed by atoms with E-state index >= 15 is 0 Å². The topological polar surface area (TPSA) is 139 Å². The van der Waals surface area contributed by atoms with Gasteiger partial charge in [0.05, 0.1) is 29.5 Å². The highest BCUT2D eigenvalue weighted by molar-refractivity contribution is 6.30. The number of nitrogens with zero attached hydrogens (tertiary/aromatic N) is 2. The zero-order chi connectivity index (χ0) is 38.2. The van der Waals surface area contributed by atoms with E-state index in [1.165, 1.54) is 5.57 Å². The van der Waals surface area contributed by atoms with Gasteiger partial charge < -0.3 is 20.3 Å². The van der Waals surface area contributed by atoms with Crippen LogP contribution in [-0.4, -0.2) is 56.7 Å². The molecule has 1 aromatic rings. The number of ether oxygens (including phenoxy) is 1. The van der Waals surface area contributed by atoms with E-state index < -0.39 is 28.9 Å². The van der Waals surface area contributed by atoms with Crippen molar-refractivity contribution in [3.05, 3.63) is 34.4 Å². The van der Waals surface area contributed by atoms with Gasteiger partial charge in [0.2, 0.25) is 0 Å². The Labute approximate surface area is 315 Å². The van der Waals surface area contributed by atoms with Crippen LogP contribution < -0.4 is 5.32 Å².